The van der Waals surface area contributed by atoms with Crippen molar-refractivity contribution in [3.05, 3.63) is 23.8 Å². The zero-order valence-electron chi connectivity index (χ0n) is 11.0. The first kappa shape index (κ1) is 15.3. The van der Waals surface area contributed by atoms with Crippen LogP contribution in [0.5, 0.6) is 11.5 Å². The van der Waals surface area contributed by atoms with E-state index in [9.17, 15) is 4.79 Å². The van der Waals surface area contributed by atoms with E-state index in [2.05, 4.69) is 0 Å². The lowest BCUT2D eigenvalue weighted by atomic mass is 10.2. The highest BCUT2D eigenvalue weighted by Crippen LogP contribution is 2.28. The van der Waals surface area contributed by atoms with Gasteiger partial charge in [0.1, 0.15) is 13.2 Å². The normalized spacial score (nSPS) is 10.2. The molecule has 0 heterocycles. The molecule has 0 fully saturated rings. The predicted molar refractivity (Wildman–Crippen MR) is 68.1 cm³/mol. The largest absolute Gasteiger partial charge is 0.487 e. The van der Waals surface area contributed by atoms with Crippen LogP contribution >= 0.6 is 0 Å². The first-order chi connectivity index (χ1) is 9.19. The van der Waals surface area contributed by atoms with Gasteiger partial charge in [0.2, 0.25) is 0 Å². The van der Waals surface area contributed by atoms with Gasteiger partial charge in [0.15, 0.2) is 11.5 Å². The predicted octanol–water partition coefficient (Wildman–Crippen LogP) is 1.44. The first-order valence-corrected chi connectivity index (χ1v) is 5.80. The molecule has 0 unspecified atom stereocenters. The molecule has 0 saturated carbocycles. The molecule has 0 atom stereocenters. The van der Waals surface area contributed by atoms with Crippen molar-refractivity contribution in [1.29, 1.82) is 0 Å². The minimum atomic E-state index is -1.01. The van der Waals surface area contributed by atoms with Crippen molar-refractivity contribution in [2.24, 2.45) is 0 Å². The number of rotatable bonds is 9. The quantitative estimate of drug-likeness (QED) is 0.684. The van der Waals surface area contributed by atoms with Crippen LogP contribution in [0.3, 0.4) is 0 Å². The van der Waals surface area contributed by atoms with Crippen molar-refractivity contribution in [1.82, 2.24) is 0 Å². The van der Waals surface area contributed by atoms with Gasteiger partial charge in [-0.2, -0.15) is 0 Å². The summed E-state index contributed by atoms with van der Waals surface area (Å²) in [6, 6.07) is 4.47. The average Bonchev–Trinajstić information content (AvgIpc) is 2.40. The van der Waals surface area contributed by atoms with E-state index in [1.54, 1.807) is 20.3 Å². The lowest BCUT2D eigenvalue weighted by Crippen LogP contribution is -2.09. The third-order valence-corrected chi connectivity index (χ3v) is 2.28. The number of hydrogen-bond acceptors (Lipinski definition) is 5. The second-order valence-electron chi connectivity index (χ2n) is 3.65. The van der Waals surface area contributed by atoms with Crippen molar-refractivity contribution < 1.29 is 28.8 Å². The Labute approximate surface area is 111 Å². The summed E-state index contributed by atoms with van der Waals surface area (Å²) in [6.45, 7) is 1.54. The van der Waals surface area contributed by atoms with Crippen LogP contribution in [-0.2, 0) is 9.47 Å². The van der Waals surface area contributed by atoms with Crippen molar-refractivity contribution >= 4 is 5.97 Å². The summed E-state index contributed by atoms with van der Waals surface area (Å²) < 4.78 is 20.7. The number of ether oxygens (including phenoxy) is 4. The van der Waals surface area contributed by atoms with Crippen molar-refractivity contribution in [3.8, 4) is 11.5 Å². The van der Waals surface area contributed by atoms with Crippen molar-refractivity contribution in [2.45, 2.75) is 0 Å². The topological polar surface area (TPSA) is 74.2 Å². The maximum atomic E-state index is 10.9. The van der Waals surface area contributed by atoms with Gasteiger partial charge in [0.05, 0.1) is 18.8 Å². The minimum absolute atomic E-state index is 0.145. The summed E-state index contributed by atoms with van der Waals surface area (Å²) in [4.78, 5) is 10.9. The Kier molecular flexibility index (Phi) is 6.70. The second-order valence-corrected chi connectivity index (χ2v) is 3.65. The molecule has 0 aliphatic heterocycles. The van der Waals surface area contributed by atoms with E-state index in [4.69, 9.17) is 24.1 Å². The SMILES string of the molecule is COCCOc1ccc(C(=O)O)cc1OCCOC. The Morgan fingerprint density at radius 2 is 1.58 bits per heavy atom. The summed E-state index contributed by atoms with van der Waals surface area (Å²) in [5, 5.41) is 8.94. The number of aromatic carboxylic acids is 1. The second kappa shape index (κ2) is 8.34. The molecule has 6 nitrogen and oxygen atoms in total. The molecule has 1 aromatic rings. The average molecular weight is 270 g/mol. The molecule has 0 radical (unpaired) electrons. The molecule has 1 N–H and O–H groups in total. The van der Waals surface area contributed by atoms with Gasteiger partial charge in [-0.1, -0.05) is 0 Å². The summed E-state index contributed by atoms with van der Waals surface area (Å²) in [5.41, 5.74) is 0.145. The number of carbonyl (C=O) groups is 1. The molecule has 1 rings (SSSR count). The Morgan fingerprint density at radius 1 is 1.00 bits per heavy atom. The molecule has 0 amide bonds. The van der Waals surface area contributed by atoms with Gasteiger partial charge < -0.3 is 24.1 Å². The lowest BCUT2D eigenvalue weighted by Gasteiger charge is -2.13. The first-order valence-electron chi connectivity index (χ1n) is 5.80. The highest BCUT2D eigenvalue weighted by atomic mass is 16.5. The van der Waals surface area contributed by atoms with Gasteiger partial charge in [-0.25, -0.2) is 4.79 Å². The molecule has 106 valence electrons. The van der Waals surface area contributed by atoms with Gasteiger partial charge in [-0.3, -0.25) is 0 Å². The third-order valence-electron chi connectivity index (χ3n) is 2.28. The molecule has 0 spiro atoms. The number of carboxylic acid groups (broad SMARTS) is 1. The Hall–Kier alpha value is -1.79. The highest BCUT2D eigenvalue weighted by molar-refractivity contribution is 5.88. The summed E-state index contributed by atoms with van der Waals surface area (Å²) in [7, 11) is 3.14. The van der Waals surface area contributed by atoms with Gasteiger partial charge in [0, 0.05) is 14.2 Å². The standard InChI is InChI=1S/C13H18O6/c1-16-5-7-18-11-4-3-10(13(14)15)9-12(11)19-8-6-17-2/h3-4,9H,5-8H2,1-2H3,(H,14,15). The van der Waals surface area contributed by atoms with E-state index in [-0.39, 0.29) is 5.56 Å². The molecule has 1 aromatic carbocycles. The molecule has 0 aliphatic carbocycles. The smallest absolute Gasteiger partial charge is 0.335 e. The fraction of sp³-hybridized carbons (Fsp3) is 0.462. The molecule has 0 bridgehead atoms. The molecule has 6 heteroatoms. The zero-order valence-corrected chi connectivity index (χ0v) is 11.0. The molecular formula is C13H18O6. The maximum Gasteiger partial charge on any atom is 0.335 e. The Morgan fingerprint density at radius 3 is 2.11 bits per heavy atom. The number of benzene rings is 1. The van der Waals surface area contributed by atoms with Crippen LogP contribution in [-0.4, -0.2) is 51.7 Å². The van der Waals surface area contributed by atoms with Crippen LogP contribution in [0.25, 0.3) is 0 Å². The number of methoxy groups -OCH3 is 2. The summed E-state index contributed by atoms with van der Waals surface area (Å²) in [6.07, 6.45) is 0. The van der Waals surface area contributed by atoms with Gasteiger partial charge in [-0.15, -0.1) is 0 Å². The van der Waals surface area contributed by atoms with Crippen LogP contribution < -0.4 is 9.47 Å². The lowest BCUT2D eigenvalue weighted by molar-refractivity contribution is 0.0696. The van der Waals surface area contributed by atoms with Crippen LogP contribution in [0.1, 0.15) is 10.4 Å². The van der Waals surface area contributed by atoms with Gasteiger partial charge in [-0.05, 0) is 18.2 Å². The molecule has 0 saturated heterocycles. The monoisotopic (exact) mass is 270 g/mol. The molecule has 19 heavy (non-hydrogen) atoms. The number of hydrogen-bond donors (Lipinski definition) is 1. The fourth-order valence-electron chi connectivity index (χ4n) is 1.34. The summed E-state index contributed by atoms with van der Waals surface area (Å²) >= 11 is 0. The highest BCUT2D eigenvalue weighted by Gasteiger charge is 2.10. The van der Waals surface area contributed by atoms with Crippen LogP contribution in [0.2, 0.25) is 0 Å². The van der Waals surface area contributed by atoms with Crippen LogP contribution in [0.15, 0.2) is 18.2 Å². The third kappa shape index (κ3) is 5.15. The van der Waals surface area contributed by atoms with Crippen LogP contribution in [0, 0.1) is 0 Å². The maximum absolute atomic E-state index is 10.9. The van der Waals surface area contributed by atoms with E-state index in [0.717, 1.165) is 0 Å². The van der Waals surface area contributed by atoms with Gasteiger partial charge in [0.25, 0.3) is 0 Å². The van der Waals surface area contributed by atoms with Crippen molar-refractivity contribution in [3.63, 3.8) is 0 Å². The van der Waals surface area contributed by atoms with Crippen molar-refractivity contribution in [2.75, 3.05) is 40.6 Å². The Balaban J connectivity index is 2.78. The van der Waals surface area contributed by atoms with E-state index in [0.29, 0.717) is 37.9 Å². The number of carboxylic acids is 1. The summed E-state index contributed by atoms with van der Waals surface area (Å²) in [5.74, 6) is -0.147. The molecule has 0 aromatic heterocycles. The van der Waals surface area contributed by atoms with Crippen LogP contribution in [0.4, 0.5) is 0 Å². The fourth-order valence-corrected chi connectivity index (χ4v) is 1.34. The van der Waals surface area contributed by atoms with E-state index < -0.39 is 5.97 Å². The van der Waals surface area contributed by atoms with E-state index in [1.165, 1.54) is 12.1 Å². The molecule has 0 aliphatic rings. The minimum Gasteiger partial charge on any atom is -0.487 e. The van der Waals surface area contributed by atoms with E-state index in [1.807, 2.05) is 0 Å². The molecular weight excluding hydrogens is 252 g/mol. The van der Waals surface area contributed by atoms with Gasteiger partial charge >= 0.3 is 5.97 Å². The zero-order chi connectivity index (χ0) is 14.1. The Bertz CT molecular complexity index is 404. The van der Waals surface area contributed by atoms with E-state index >= 15 is 0 Å².